The molecule has 0 saturated carbocycles. The van der Waals surface area contributed by atoms with Crippen LogP contribution in [0.5, 0.6) is 0 Å². The number of amides is 3. The summed E-state index contributed by atoms with van der Waals surface area (Å²) in [6.45, 7) is 3.87. The third-order valence-electron chi connectivity index (χ3n) is 6.20. The van der Waals surface area contributed by atoms with Crippen molar-refractivity contribution in [2.45, 2.75) is 44.7 Å². The maximum Gasteiger partial charge on any atom is 0.412 e. The number of hydrogen-bond donors (Lipinski definition) is 2. The number of nitrogens with one attached hydrogen (secondary N) is 2. The second kappa shape index (κ2) is 11.9. The Hall–Kier alpha value is -3.47. The molecule has 0 aliphatic carbocycles. The second-order valence-electron chi connectivity index (χ2n) is 9.46. The maximum atomic E-state index is 13.7. The van der Waals surface area contributed by atoms with E-state index >= 15 is 0 Å². The van der Waals surface area contributed by atoms with Gasteiger partial charge in [0.15, 0.2) is 5.79 Å². The molecule has 1 fully saturated rings. The van der Waals surface area contributed by atoms with Gasteiger partial charge >= 0.3 is 12.1 Å². The lowest BCUT2D eigenvalue weighted by Gasteiger charge is -2.30. The lowest BCUT2D eigenvalue weighted by atomic mass is 10.1. The summed E-state index contributed by atoms with van der Waals surface area (Å²) in [6.07, 6.45) is 1.00. The number of halogens is 2. The molecule has 202 valence electrons. The number of benzene rings is 2. The molecule has 2 unspecified atom stereocenters. The third kappa shape index (κ3) is 7.09. The van der Waals surface area contributed by atoms with Gasteiger partial charge in [-0.3, -0.25) is 5.32 Å². The third-order valence-corrected chi connectivity index (χ3v) is 6.62. The number of pyridine rings is 1. The first-order valence-electron chi connectivity index (χ1n) is 12.1. The van der Waals surface area contributed by atoms with Gasteiger partial charge < -0.3 is 24.4 Å². The fourth-order valence-electron chi connectivity index (χ4n) is 4.13. The highest BCUT2D eigenvalue weighted by Crippen LogP contribution is 2.26. The van der Waals surface area contributed by atoms with Gasteiger partial charge in [-0.15, -0.1) is 0 Å². The van der Waals surface area contributed by atoms with Gasteiger partial charge in [-0.1, -0.05) is 48.0 Å². The first kappa shape index (κ1) is 27.6. The van der Waals surface area contributed by atoms with Crippen molar-refractivity contribution in [1.29, 1.82) is 0 Å². The zero-order valence-electron chi connectivity index (χ0n) is 21.4. The van der Waals surface area contributed by atoms with Crippen molar-refractivity contribution in [3.63, 3.8) is 0 Å². The number of fused-ring (bicyclic) bond motifs is 1. The van der Waals surface area contributed by atoms with Crippen molar-refractivity contribution in [1.82, 2.24) is 15.2 Å². The van der Waals surface area contributed by atoms with Gasteiger partial charge in [0.05, 0.1) is 23.8 Å². The quantitative estimate of drug-likeness (QED) is 0.397. The van der Waals surface area contributed by atoms with E-state index in [0.29, 0.717) is 24.4 Å². The van der Waals surface area contributed by atoms with Crippen molar-refractivity contribution < 1.29 is 28.2 Å². The van der Waals surface area contributed by atoms with Crippen molar-refractivity contribution in [2.75, 3.05) is 25.6 Å². The second-order valence-corrected chi connectivity index (χ2v) is 9.84. The van der Waals surface area contributed by atoms with Crippen LogP contribution in [0.2, 0.25) is 5.02 Å². The van der Waals surface area contributed by atoms with E-state index in [2.05, 4.69) is 15.6 Å². The van der Waals surface area contributed by atoms with Crippen molar-refractivity contribution in [2.24, 2.45) is 0 Å². The van der Waals surface area contributed by atoms with Gasteiger partial charge in [0, 0.05) is 25.2 Å². The minimum Gasteiger partial charge on any atom is -0.447 e. The van der Waals surface area contributed by atoms with Crippen molar-refractivity contribution in [3.8, 4) is 0 Å². The minimum absolute atomic E-state index is 0.0253. The highest BCUT2D eigenvalue weighted by molar-refractivity contribution is 6.31. The molecule has 1 aliphatic heterocycles. The number of likely N-dealkylation sites (N-methyl/N-ethyl adjacent to an activating group) is 1. The molecule has 1 aromatic heterocycles. The number of carbonyl (C=O) groups is 2. The number of ether oxygens (including phenoxy) is 3. The summed E-state index contributed by atoms with van der Waals surface area (Å²) in [5.41, 5.74) is 0.442. The Morgan fingerprint density at radius 2 is 2.00 bits per heavy atom. The maximum absolute atomic E-state index is 13.7. The first-order valence-corrected chi connectivity index (χ1v) is 12.5. The van der Waals surface area contributed by atoms with Crippen LogP contribution in [-0.2, 0) is 20.8 Å². The number of hydrogen-bond acceptors (Lipinski definition) is 6. The number of carbonyl (C=O) groups excluding carboxylic acids is 2. The standard InChI is InChI=1S/C27H30ClFN4O5/c1-27(2)37-16-21(38-27)12-20(33(3)25(34)31-14-19-9-6-10-22(29)24(19)28)15-36-26(35)32-23-11-17-7-4-5-8-18(17)13-30-23/h4-11,13,20-21H,12,14-16H2,1-3H3,(H,31,34)(H,30,32,35). The first-order chi connectivity index (χ1) is 18.1. The molecule has 1 saturated heterocycles. The number of rotatable bonds is 8. The molecular formula is C27H30ClFN4O5. The van der Waals surface area contributed by atoms with Crippen molar-refractivity contribution >= 4 is 40.3 Å². The summed E-state index contributed by atoms with van der Waals surface area (Å²) in [6, 6.07) is 12.8. The number of anilines is 1. The van der Waals surface area contributed by atoms with Gasteiger partial charge in [-0.25, -0.2) is 19.0 Å². The summed E-state index contributed by atoms with van der Waals surface area (Å²) in [7, 11) is 1.58. The molecule has 4 rings (SSSR count). The Labute approximate surface area is 225 Å². The zero-order chi connectivity index (χ0) is 27.3. The van der Waals surface area contributed by atoms with E-state index in [1.54, 1.807) is 25.4 Å². The van der Waals surface area contributed by atoms with Gasteiger partial charge in [0.1, 0.15) is 18.2 Å². The van der Waals surface area contributed by atoms with Gasteiger partial charge in [0.25, 0.3) is 0 Å². The molecule has 1 aliphatic rings. The molecule has 3 amide bonds. The SMILES string of the molecule is CN(C(=O)NCc1cccc(F)c1Cl)C(COC(=O)Nc1cc2ccccc2cn1)CC1COC(C)(C)O1. The number of aromatic nitrogens is 1. The molecule has 2 atom stereocenters. The Kier molecular flexibility index (Phi) is 8.65. The Morgan fingerprint density at radius 3 is 2.74 bits per heavy atom. The molecule has 3 aromatic rings. The van der Waals surface area contributed by atoms with Gasteiger partial charge in [0.2, 0.25) is 0 Å². The molecule has 11 heteroatoms. The summed E-state index contributed by atoms with van der Waals surface area (Å²) >= 11 is 6.00. The van der Waals surface area contributed by atoms with Crippen molar-refractivity contribution in [3.05, 3.63) is 71.1 Å². The fraction of sp³-hybridized carbons (Fsp3) is 0.370. The number of urea groups is 1. The van der Waals surface area contributed by atoms with E-state index in [1.165, 1.54) is 17.0 Å². The lowest BCUT2D eigenvalue weighted by Crippen LogP contribution is -2.47. The molecule has 2 N–H and O–H groups in total. The van der Waals surface area contributed by atoms with E-state index in [0.717, 1.165) is 10.8 Å². The highest BCUT2D eigenvalue weighted by atomic mass is 35.5. The molecule has 9 nitrogen and oxygen atoms in total. The Morgan fingerprint density at radius 1 is 1.24 bits per heavy atom. The van der Waals surface area contributed by atoms with E-state index < -0.39 is 29.8 Å². The summed E-state index contributed by atoms with van der Waals surface area (Å²) in [4.78, 5) is 31.2. The van der Waals surface area contributed by atoms with Crippen LogP contribution in [0.1, 0.15) is 25.8 Å². The normalized spacial score (nSPS) is 17.1. The molecule has 2 heterocycles. The van der Waals surface area contributed by atoms with Crippen LogP contribution in [0.4, 0.5) is 19.8 Å². The topological polar surface area (TPSA) is 102 Å². The predicted octanol–water partition coefficient (Wildman–Crippen LogP) is 5.33. The average Bonchev–Trinajstić information content (AvgIpc) is 3.24. The summed E-state index contributed by atoms with van der Waals surface area (Å²) < 4.78 is 30.8. The van der Waals surface area contributed by atoms with Crippen LogP contribution in [0.25, 0.3) is 10.8 Å². The average molecular weight is 545 g/mol. The van der Waals surface area contributed by atoms with E-state index in [9.17, 15) is 14.0 Å². The molecule has 38 heavy (non-hydrogen) atoms. The Bertz CT molecular complexity index is 1310. The van der Waals surface area contributed by atoms with Crippen LogP contribution in [-0.4, -0.2) is 60.2 Å². The summed E-state index contributed by atoms with van der Waals surface area (Å²) in [5.74, 6) is -0.965. The van der Waals surface area contributed by atoms with E-state index in [-0.39, 0.29) is 24.3 Å². The van der Waals surface area contributed by atoms with Crippen LogP contribution in [0.3, 0.4) is 0 Å². The highest BCUT2D eigenvalue weighted by Gasteiger charge is 2.36. The largest absolute Gasteiger partial charge is 0.447 e. The van der Waals surface area contributed by atoms with E-state index in [1.807, 2.05) is 38.1 Å². The zero-order valence-corrected chi connectivity index (χ0v) is 22.1. The molecule has 0 spiro atoms. The predicted molar refractivity (Wildman–Crippen MR) is 141 cm³/mol. The fourth-order valence-corrected chi connectivity index (χ4v) is 4.32. The molecule has 0 bridgehead atoms. The number of nitrogens with zero attached hydrogens (tertiary/aromatic N) is 2. The minimum atomic E-state index is -0.746. The van der Waals surface area contributed by atoms with Crippen LogP contribution in [0, 0.1) is 5.82 Å². The smallest absolute Gasteiger partial charge is 0.412 e. The summed E-state index contributed by atoms with van der Waals surface area (Å²) in [5, 5.41) is 7.17. The Balaban J connectivity index is 1.39. The monoisotopic (exact) mass is 544 g/mol. The van der Waals surface area contributed by atoms with Gasteiger partial charge in [-0.2, -0.15) is 0 Å². The van der Waals surface area contributed by atoms with E-state index in [4.69, 9.17) is 25.8 Å². The van der Waals surface area contributed by atoms with Crippen LogP contribution >= 0.6 is 11.6 Å². The molecule has 0 radical (unpaired) electrons. The van der Waals surface area contributed by atoms with Gasteiger partial charge in [-0.05, 0) is 43.4 Å². The lowest BCUT2D eigenvalue weighted by molar-refractivity contribution is -0.140. The van der Waals surface area contributed by atoms with Crippen LogP contribution < -0.4 is 10.6 Å². The molecule has 2 aromatic carbocycles. The molecular weight excluding hydrogens is 515 g/mol. The van der Waals surface area contributed by atoms with Crippen LogP contribution in [0.15, 0.2) is 54.7 Å².